The van der Waals surface area contributed by atoms with Crippen LogP contribution in [-0.4, -0.2) is 40.1 Å². The largest absolute Gasteiger partial charge is 0.335 e. The summed E-state index contributed by atoms with van der Waals surface area (Å²) in [5.74, 6) is -0.644. The summed E-state index contributed by atoms with van der Waals surface area (Å²) in [4.78, 5) is 40.6. The molecule has 0 spiro atoms. The number of amides is 3. The highest BCUT2D eigenvalue weighted by molar-refractivity contribution is 6.21. The summed E-state index contributed by atoms with van der Waals surface area (Å²) in [5.41, 5.74) is 3.29. The highest BCUT2D eigenvalue weighted by Gasteiger charge is 2.35. The van der Waals surface area contributed by atoms with E-state index in [1.54, 1.807) is 24.3 Å². The Kier molecular flexibility index (Phi) is 4.07. The fraction of sp³-hybridized carbons (Fsp3) is 0.286. The van der Waals surface area contributed by atoms with Crippen molar-refractivity contribution in [1.29, 1.82) is 0 Å². The van der Waals surface area contributed by atoms with E-state index < -0.39 is 0 Å². The van der Waals surface area contributed by atoms with Gasteiger partial charge in [-0.3, -0.25) is 19.3 Å². The number of nitrogens with zero attached hydrogens (tertiary/aromatic N) is 2. The first-order chi connectivity index (χ1) is 12.6. The van der Waals surface area contributed by atoms with Crippen LogP contribution < -0.4 is 0 Å². The molecular formula is C21H20N2O3. The minimum atomic E-state index is -0.310. The molecule has 0 bridgehead atoms. The number of carbonyl (C=O) groups is 3. The van der Waals surface area contributed by atoms with Gasteiger partial charge in [-0.05, 0) is 36.6 Å². The molecule has 2 aliphatic heterocycles. The first-order valence-electron chi connectivity index (χ1n) is 8.87. The van der Waals surface area contributed by atoms with Gasteiger partial charge >= 0.3 is 0 Å². The van der Waals surface area contributed by atoms with Crippen molar-refractivity contribution in [2.75, 3.05) is 6.54 Å². The maximum atomic E-state index is 12.7. The second kappa shape index (κ2) is 6.41. The highest BCUT2D eigenvalue weighted by Crippen LogP contribution is 2.25. The Bertz CT molecular complexity index is 871. The molecule has 0 N–H and O–H groups in total. The summed E-state index contributed by atoms with van der Waals surface area (Å²) in [6.45, 7) is 2.74. The third-order valence-electron chi connectivity index (χ3n) is 5.25. The van der Waals surface area contributed by atoms with E-state index in [1.807, 2.05) is 30.0 Å². The maximum absolute atomic E-state index is 12.7. The molecule has 0 saturated heterocycles. The van der Waals surface area contributed by atoms with Gasteiger partial charge in [0.25, 0.3) is 11.8 Å². The van der Waals surface area contributed by atoms with E-state index in [0.717, 1.165) is 6.42 Å². The van der Waals surface area contributed by atoms with Crippen LogP contribution in [0.2, 0.25) is 0 Å². The van der Waals surface area contributed by atoms with Gasteiger partial charge in [-0.1, -0.05) is 36.4 Å². The molecule has 5 heteroatoms. The van der Waals surface area contributed by atoms with E-state index in [2.05, 4.69) is 6.07 Å². The van der Waals surface area contributed by atoms with Crippen LogP contribution in [0.25, 0.3) is 0 Å². The smallest absolute Gasteiger partial charge is 0.261 e. The van der Waals surface area contributed by atoms with Crippen LogP contribution in [0.4, 0.5) is 0 Å². The van der Waals surface area contributed by atoms with Gasteiger partial charge in [-0.25, -0.2) is 0 Å². The van der Waals surface area contributed by atoms with Crippen molar-refractivity contribution in [2.45, 2.75) is 32.4 Å². The first kappa shape index (κ1) is 16.5. The molecule has 132 valence electrons. The van der Waals surface area contributed by atoms with Crippen LogP contribution in [0, 0.1) is 0 Å². The molecule has 0 fully saturated rings. The summed E-state index contributed by atoms with van der Waals surface area (Å²) >= 11 is 0. The number of imide groups is 1. The molecule has 0 saturated carbocycles. The Morgan fingerprint density at radius 3 is 2.19 bits per heavy atom. The van der Waals surface area contributed by atoms with Crippen LogP contribution in [0.5, 0.6) is 0 Å². The minimum absolute atomic E-state index is 0.0245. The van der Waals surface area contributed by atoms with E-state index in [4.69, 9.17) is 0 Å². The van der Waals surface area contributed by atoms with Crippen LogP contribution in [0.3, 0.4) is 0 Å². The third kappa shape index (κ3) is 2.69. The molecule has 1 unspecified atom stereocenters. The van der Waals surface area contributed by atoms with E-state index in [9.17, 15) is 14.4 Å². The second-order valence-corrected chi connectivity index (χ2v) is 6.90. The molecular weight excluding hydrogens is 328 g/mol. The molecule has 0 aliphatic carbocycles. The summed E-state index contributed by atoms with van der Waals surface area (Å²) < 4.78 is 0. The number of hydrogen-bond acceptors (Lipinski definition) is 3. The van der Waals surface area contributed by atoms with Crippen molar-refractivity contribution in [3.63, 3.8) is 0 Å². The van der Waals surface area contributed by atoms with Crippen molar-refractivity contribution >= 4 is 17.7 Å². The normalized spacial score (nSPS) is 18.7. The summed E-state index contributed by atoms with van der Waals surface area (Å²) in [6.07, 6.45) is 0.979. The number of rotatable bonds is 3. The van der Waals surface area contributed by atoms with Crippen molar-refractivity contribution in [3.05, 3.63) is 70.8 Å². The van der Waals surface area contributed by atoms with Crippen LogP contribution in [0.1, 0.15) is 45.2 Å². The van der Waals surface area contributed by atoms with Crippen molar-refractivity contribution < 1.29 is 14.4 Å². The Hall–Kier alpha value is -2.95. The van der Waals surface area contributed by atoms with E-state index in [1.165, 1.54) is 16.0 Å². The highest BCUT2D eigenvalue weighted by atomic mass is 16.2. The Labute approximate surface area is 152 Å². The van der Waals surface area contributed by atoms with Crippen molar-refractivity contribution in [2.24, 2.45) is 0 Å². The minimum Gasteiger partial charge on any atom is -0.335 e. The number of hydrogen-bond donors (Lipinski definition) is 0. The van der Waals surface area contributed by atoms with E-state index >= 15 is 0 Å². The lowest BCUT2D eigenvalue weighted by Crippen LogP contribution is -2.44. The van der Waals surface area contributed by atoms with Crippen molar-refractivity contribution in [1.82, 2.24) is 9.80 Å². The third-order valence-corrected chi connectivity index (χ3v) is 5.25. The van der Waals surface area contributed by atoms with Gasteiger partial charge in [0.05, 0.1) is 11.1 Å². The fourth-order valence-corrected chi connectivity index (χ4v) is 3.81. The zero-order chi connectivity index (χ0) is 18.3. The average Bonchev–Trinajstić information content (AvgIpc) is 2.90. The van der Waals surface area contributed by atoms with Crippen LogP contribution >= 0.6 is 0 Å². The zero-order valence-electron chi connectivity index (χ0n) is 14.6. The fourth-order valence-electron chi connectivity index (χ4n) is 3.81. The molecule has 5 nitrogen and oxygen atoms in total. The standard InChI is InChI=1S/C21H20N2O3/c1-14-12-15-6-2-3-7-16(15)13-23(14)19(24)10-11-22-20(25)17-8-4-5-9-18(17)21(22)26/h2-9,14H,10-13H2,1H3. The SMILES string of the molecule is CC1Cc2ccccc2CN1C(=O)CCN1C(=O)c2ccccc2C1=O. The second-order valence-electron chi connectivity index (χ2n) is 6.90. The summed E-state index contributed by atoms with van der Waals surface area (Å²) in [6, 6.07) is 15.1. The predicted molar refractivity (Wildman–Crippen MR) is 96.6 cm³/mol. The van der Waals surface area contributed by atoms with Gasteiger partial charge in [0.2, 0.25) is 5.91 Å². The first-order valence-corrected chi connectivity index (χ1v) is 8.87. The maximum Gasteiger partial charge on any atom is 0.261 e. The Morgan fingerprint density at radius 2 is 1.54 bits per heavy atom. The monoisotopic (exact) mass is 348 g/mol. The number of benzene rings is 2. The van der Waals surface area contributed by atoms with Crippen molar-refractivity contribution in [3.8, 4) is 0 Å². The molecule has 2 aliphatic rings. The lowest BCUT2D eigenvalue weighted by Gasteiger charge is -2.35. The Morgan fingerprint density at radius 1 is 0.962 bits per heavy atom. The predicted octanol–water partition coefficient (Wildman–Crippen LogP) is 2.65. The number of fused-ring (bicyclic) bond motifs is 2. The van der Waals surface area contributed by atoms with Gasteiger partial charge in [0.1, 0.15) is 0 Å². The molecule has 0 radical (unpaired) electrons. The lowest BCUT2D eigenvalue weighted by molar-refractivity contribution is -0.134. The molecule has 3 amide bonds. The molecule has 26 heavy (non-hydrogen) atoms. The molecule has 1 atom stereocenters. The molecule has 2 heterocycles. The topological polar surface area (TPSA) is 57.7 Å². The van der Waals surface area contributed by atoms with E-state index in [0.29, 0.717) is 17.7 Å². The molecule has 2 aromatic carbocycles. The summed E-state index contributed by atoms with van der Waals surface area (Å²) in [5, 5.41) is 0. The van der Waals surface area contributed by atoms with E-state index in [-0.39, 0.29) is 36.7 Å². The quantitative estimate of drug-likeness (QED) is 0.801. The van der Waals surface area contributed by atoms with Gasteiger partial charge < -0.3 is 4.90 Å². The van der Waals surface area contributed by atoms with Gasteiger partial charge in [-0.15, -0.1) is 0 Å². The van der Waals surface area contributed by atoms with Gasteiger partial charge in [0, 0.05) is 25.6 Å². The zero-order valence-corrected chi connectivity index (χ0v) is 14.6. The lowest BCUT2D eigenvalue weighted by atomic mass is 9.94. The van der Waals surface area contributed by atoms with Gasteiger partial charge in [0.15, 0.2) is 0 Å². The average molecular weight is 348 g/mol. The number of carbonyl (C=O) groups excluding carboxylic acids is 3. The Balaban J connectivity index is 1.44. The molecule has 2 aromatic rings. The van der Waals surface area contributed by atoms with Crippen LogP contribution in [-0.2, 0) is 17.8 Å². The van der Waals surface area contributed by atoms with Crippen LogP contribution in [0.15, 0.2) is 48.5 Å². The summed E-state index contributed by atoms with van der Waals surface area (Å²) in [7, 11) is 0. The molecule has 4 rings (SSSR count). The molecule has 0 aromatic heterocycles. The van der Waals surface area contributed by atoms with Gasteiger partial charge in [-0.2, -0.15) is 0 Å².